The maximum absolute atomic E-state index is 13.8. The molecule has 0 N–H and O–H groups in total. The van der Waals surface area contributed by atoms with Crippen LogP contribution >= 0.6 is 0 Å². The van der Waals surface area contributed by atoms with Gasteiger partial charge in [0.2, 0.25) is 5.91 Å². The molecule has 0 aliphatic heterocycles. The van der Waals surface area contributed by atoms with Crippen molar-refractivity contribution in [1.29, 1.82) is 0 Å². The van der Waals surface area contributed by atoms with Crippen molar-refractivity contribution in [2.45, 2.75) is 52.0 Å². The van der Waals surface area contributed by atoms with Crippen LogP contribution in [0.25, 0.3) is 16.6 Å². The smallest absolute Gasteiger partial charge is 0.266 e. The van der Waals surface area contributed by atoms with Gasteiger partial charge in [-0.25, -0.2) is 4.98 Å². The van der Waals surface area contributed by atoms with Gasteiger partial charge in [0.1, 0.15) is 11.6 Å². The predicted octanol–water partition coefficient (Wildman–Crippen LogP) is 4.90. The maximum Gasteiger partial charge on any atom is 0.266 e. The van der Waals surface area contributed by atoms with Gasteiger partial charge in [-0.2, -0.15) is 0 Å². The lowest BCUT2D eigenvalue weighted by Crippen LogP contribution is -2.43. The molecule has 3 aromatic rings. The number of para-hydroxylation sites is 1. The molecule has 7 nitrogen and oxygen atoms in total. The standard InChI is InChI=1S/C28H35N3O4/c1-4-25(30(18-9-19-34-3)27(32)20-10-8-11-20)26-29-24-13-7-6-12-23(24)28(33)31(26)21-14-16-22(17-15-21)35-5-2/h6-7,12-17,20,25H,4-5,8-11,18-19H2,1-3H3. The van der Waals surface area contributed by atoms with Crippen LogP contribution in [0.5, 0.6) is 5.75 Å². The quantitative estimate of drug-likeness (QED) is 0.367. The monoisotopic (exact) mass is 477 g/mol. The van der Waals surface area contributed by atoms with Crippen LogP contribution in [0.1, 0.15) is 57.8 Å². The van der Waals surface area contributed by atoms with Gasteiger partial charge in [-0.3, -0.25) is 14.2 Å². The predicted molar refractivity (Wildman–Crippen MR) is 137 cm³/mol. The van der Waals surface area contributed by atoms with Gasteiger partial charge >= 0.3 is 0 Å². The summed E-state index contributed by atoms with van der Waals surface area (Å²) < 4.78 is 12.5. The summed E-state index contributed by atoms with van der Waals surface area (Å²) >= 11 is 0. The van der Waals surface area contributed by atoms with Crippen LogP contribution in [0.3, 0.4) is 0 Å². The van der Waals surface area contributed by atoms with Gasteiger partial charge in [0.05, 0.1) is 29.2 Å². The molecule has 1 fully saturated rings. The number of methoxy groups -OCH3 is 1. The summed E-state index contributed by atoms with van der Waals surface area (Å²) in [6.07, 6.45) is 4.31. The maximum atomic E-state index is 13.8. The van der Waals surface area contributed by atoms with E-state index in [1.54, 1.807) is 17.7 Å². The molecule has 0 saturated heterocycles. The zero-order chi connectivity index (χ0) is 24.8. The summed E-state index contributed by atoms with van der Waals surface area (Å²) in [6.45, 7) is 5.69. The molecule has 1 aliphatic carbocycles. The van der Waals surface area contributed by atoms with Gasteiger partial charge in [0, 0.05) is 26.2 Å². The van der Waals surface area contributed by atoms with Crippen molar-refractivity contribution in [2.75, 3.05) is 26.9 Å². The minimum absolute atomic E-state index is 0.0534. The largest absolute Gasteiger partial charge is 0.494 e. The summed E-state index contributed by atoms with van der Waals surface area (Å²) in [5.41, 5.74) is 1.21. The number of benzene rings is 2. The highest BCUT2D eigenvalue weighted by molar-refractivity contribution is 5.81. The van der Waals surface area contributed by atoms with Crippen LogP contribution in [-0.4, -0.2) is 47.2 Å². The third kappa shape index (κ3) is 5.25. The van der Waals surface area contributed by atoms with E-state index >= 15 is 0 Å². The Morgan fingerprint density at radius 1 is 1.14 bits per heavy atom. The summed E-state index contributed by atoms with van der Waals surface area (Å²) in [5, 5.41) is 0.552. The van der Waals surface area contributed by atoms with E-state index < -0.39 is 0 Å². The Hall–Kier alpha value is -3.19. The van der Waals surface area contributed by atoms with Crippen molar-refractivity contribution in [3.8, 4) is 11.4 Å². The summed E-state index contributed by atoms with van der Waals surface area (Å²) in [5.74, 6) is 1.54. The normalized spacial score (nSPS) is 14.5. The number of carbonyl (C=O) groups excluding carboxylic acids is 1. The minimum Gasteiger partial charge on any atom is -0.494 e. The first-order chi connectivity index (χ1) is 17.1. The number of fused-ring (bicyclic) bond motifs is 1. The fourth-order valence-corrected chi connectivity index (χ4v) is 4.71. The number of hydrogen-bond acceptors (Lipinski definition) is 5. The first-order valence-electron chi connectivity index (χ1n) is 12.6. The van der Waals surface area contributed by atoms with Crippen LogP contribution in [0.2, 0.25) is 0 Å². The van der Waals surface area contributed by atoms with E-state index in [4.69, 9.17) is 14.5 Å². The average molecular weight is 478 g/mol. The second kappa shape index (κ2) is 11.5. The first kappa shape index (κ1) is 24.9. The van der Waals surface area contributed by atoms with Gasteiger partial charge < -0.3 is 14.4 Å². The molecule has 4 rings (SSSR count). The highest BCUT2D eigenvalue weighted by Gasteiger charge is 2.35. The number of nitrogens with zero attached hydrogens (tertiary/aromatic N) is 3. The Bertz CT molecular complexity index is 1200. The molecule has 2 aromatic carbocycles. The zero-order valence-electron chi connectivity index (χ0n) is 20.9. The van der Waals surface area contributed by atoms with Crippen LogP contribution in [-0.2, 0) is 9.53 Å². The lowest BCUT2D eigenvalue weighted by atomic mass is 9.84. The summed E-state index contributed by atoms with van der Waals surface area (Å²) in [4.78, 5) is 34.3. The van der Waals surface area contributed by atoms with Gasteiger partial charge in [-0.1, -0.05) is 25.5 Å². The van der Waals surface area contributed by atoms with Crippen molar-refractivity contribution in [3.05, 3.63) is 64.7 Å². The molecule has 1 saturated carbocycles. The van der Waals surface area contributed by atoms with E-state index in [2.05, 4.69) is 0 Å². The molecule has 35 heavy (non-hydrogen) atoms. The lowest BCUT2D eigenvalue weighted by molar-refractivity contribution is -0.141. The van der Waals surface area contributed by atoms with Crippen molar-refractivity contribution in [1.82, 2.24) is 14.5 Å². The van der Waals surface area contributed by atoms with Crippen molar-refractivity contribution < 1.29 is 14.3 Å². The van der Waals surface area contributed by atoms with E-state index in [0.29, 0.717) is 48.6 Å². The molecule has 0 radical (unpaired) electrons. The van der Waals surface area contributed by atoms with Crippen LogP contribution < -0.4 is 10.3 Å². The van der Waals surface area contributed by atoms with E-state index in [9.17, 15) is 9.59 Å². The van der Waals surface area contributed by atoms with Gasteiger partial charge in [-0.15, -0.1) is 0 Å². The Morgan fingerprint density at radius 3 is 2.51 bits per heavy atom. The van der Waals surface area contributed by atoms with Crippen LogP contribution in [0.15, 0.2) is 53.3 Å². The van der Waals surface area contributed by atoms with E-state index in [-0.39, 0.29) is 23.4 Å². The SMILES string of the molecule is CCOc1ccc(-n2c(C(CC)N(CCCOC)C(=O)C3CCC3)nc3ccccc3c2=O)cc1. The Labute approximate surface area is 206 Å². The molecule has 1 aromatic heterocycles. The molecule has 7 heteroatoms. The number of amides is 1. The number of ether oxygens (including phenoxy) is 2. The van der Waals surface area contributed by atoms with E-state index in [1.807, 2.05) is 61.2 Å². The highest BCUT2D eigenvalue weighted by Crippen LogP contribution is 2.33. The molecule has 1 atom stereocenters. The number of rotatable bonds is 11. The summed E-state index contributed by atoms with van der Waals surface area (Å²) in [7, 11) is 1.67. The molecule has 1 amide bonds. The summed E-state index contributed by atoms with van der Waals surface area (Å²) in [6, 6.07) is 14.5. The Morgan fingerprint density at radius 2 is 1.89 bits per heavy atom. The molecule has 1 aliphatic rings. The van der Waals surface area contributed by atoms with E-state index in [1.165, 1.54) is 0 Å². The van der Waals surface area contributed by atoms with E-state index in [0.717, 1.165) is 31.4 Å². The van der Waals surface area contributed by atoms with Crippen LogP contribution in [0.4, 0.5) is 0 Å². The fourth-order valence-electron chi connectivity index (χ4n) is 4.71. The third-order valence-corrected chi connectivity index (χ3v) is 6.75. The van der Waals surface area contributed by atoms with Gasteiger partial charge in [0.25, 0.3) is 5.56 Å². The highest BCUT2D eigenvalue weighted by atomic mass is 16.5. The number of carbonyl (C=O) groups is 1. The zero-order valence-corrected chi connectivity index (χ0v) is 20.9. The second-order valence-electron chi connectivity index (χ2n) is 8.98. The van der Waals surface area contributed by atoms with Crippen molar-refractivity contribution in [2.24, 2.45) is 5.92 Å². The van der Waals surface area contributed by atoms with Gasteiger partial charge in [0.15, 0.2) is 0 Å². The first-order valence-corrected chi connectivity index (χ1v) is 12.6. The van der Waals surface area contributed by atoms with Crippen molar-refractivity contribution in [3.63, 3.8) is 0 Å². The fraction of sp³-hybridized carbons (Fsp3) is 0.464. The second-order valence-corrected chi connectivity index (χ2v) is 8.98. The molecule has 186 valence electrons. The molecule has 1 heterocycles. The van der Waals surface area contributed by atoms with Crippen LogP contribution in [0, 0.1) is 5.92 Å². The number of aromatic nitrogens is 2. The van der Waals surface area contributed by atoms with Gasteiger partial charge in [-0.05, 0) is 69.0 Å². The average Bonchev–Trinajstić information content (AvgIpc) is 2.83. The molecule has 0 spiro atoms. The minimum atomic E-state index is -0.330. The Kier molecular flexibility index (Phi) is 8.18. The molecule has 1 unspecified atom stereocenters. The lowest BCUT2D eigenvalue weighted by Gasteiger charge is -2.37. The third-order valence-electron chi connectivity index (χ3n) is 6.75. The molecule has 0 bridgehead atoms. The topological polar surface area (TPSA) is 73.7 Å². The van der Waals surface area contributed by atoms with Crippen molar-refractivity contribution >= 4 is 16.8 Å². The Balaban J connectivity index is 1.86. The molecular formula is C28H35N3O4. The number of hydrogen-bond donors (Lipinski definition) is 0. The molecular weight excluding hydrogens is 442 g/mol.